The largest absolute Gasteiger partial charge is 0.330 e. The number of aromatic nitrogens is 2. The zero-order valence-electron chi connectivity index (χ0n) is 10.0. The topological polar surface area (TPSA) is 17.8 Å². The van der Waals surface area contributed by atoms with Crippen molar-refractivity contribution in [3.05, 3.63) is 30.6 Å². The van der Waals surface area contributed by atoms with E-state index in [0.29, 0.717) is 0 Å². The van der Waals surface area contributed by atoms with Gasteiger partial charge in [0.25, 0.3) is 0 Å². The average Bonchev–Trinajstić information content (AvgIpc) is 3.05. The maximum Gasteiger partial charge on any atom is 0.0958 e. The Balaban J connectivity index is 1.63. The Bertz CT molecular complexity index is 543. The summed E-state index contributed by atoms with van der Waals surface area (Å²) in [4.78, 5) is 4.49. The Hall–Kier alpha value is -1.31. The predicted octanol–water partition coefficient (Wildman–Crippen LogP) is 3.47. The Kier molecular flexibility index (Phi) is 2.05. The van der Waals surface area contributed by atoms with Gasteiger partial charge < -0.3 is 4.57 Å². The molecule has 2 aromatic rings. The first-order valence-electron chi connectivity index (χ1n) is 6.80. The molecule has 3 atom stereocenters. The molecule has 2 fully saturated rings. The van der Waals surface area contributed by atoms with Crippen molar-refractivity contribution in [1.29, 1.82) is 0 Å². The van der Waals surface area contributed by atoms with Crippen molar-refractivity contribution in [3.8, 4) is 0 Å². The first kappa shape index (κ1) is 9.69. The minimum absolute atomic E-state index is 0.909. The lowest BCUT2D eigenvalue weighted by molar-refractivity contribution is 0.298. The minimum Gasteiger partial charge on any atom is -0.330 e. The SMILES string of the molecule is c1ccc2c(c1)ncn2CC1CC2CCC1C2. The molecule has 0 spiro atoms. The van der Waals surface area contributed by atoms with E-state index in [2.05, 4.69) is 33.8 Å². The molecule has 2 heteroatoms. The molecular weight excluding hydrogens is 208 g/mol. The van der Waals surface area contributed by atoms with Crippen molar-refractivity contribution >= 4 is 11.0 Å². The molecule has 2 bridgehead atoms. The highest BCUT2D eigenvalue weighted by Gasteiger charge is 2.39. The third kappa shape index (κ3) is 1.50. The normalized spacial score (nSPS) is 31.4. The van der Waals surface area contributed by atoms with Crippen LogP contribution in [0.15, 0.2) is 30.6 Å². The van der Waals surface area contributed by atoms with E-state index in [0.717, 1.165) is 23.3 Å². The van der Waals surface area contributed by atoms with Crippen LogP contribution in [-0.2, 0) is 6.54 Å². The number of nitrogens with zero attached hydrogens (tertiary/aromatic N) is 2. The molecule has 2 aliphatic rings. The number of fused-ring (bicyclic) bond motifs is 3. The number of hydrogen-bond acceptors (Lipinski definition) is 1. The number of imidazole rings is 1. The van der Waals surface area contributed by atoms with Gasteiger partial charge in [0.2, 0.25) is 0 Å². The van der Waals surface area contributed by atoms with Crippen LogP contribution in [0.4, 0.5) is 0 Å². The van der Waals surface area contributed by atoms with Gasteiger partial charge in [-0.3, -0.25) is 0 Å². The van der Waals surface area contributed by atoms with Gasteiger partial charge >= 0.3 is 0 Å². The van der Waals surface area contributed by atoms with Crippen LogP contribution in [0.25, 0.3) is 11.0 Å². The fourth-order valence-corrected chi connectivity index (χ4v) is 4.01. The Labute approximate surface area is 102 Å². The predicted molar refractivity (Wildman–Crippen MR) is 68.7 cm³/mol. The molecule has 0 amide bonds. The zero-order chi connectivity index (χ0) is 11.2. The first-order chi connectivity index (χ1) is 8.40. The van der Waals surface area contributed by atoms with E-state index in [1.54, 1.807) is 0 Å². The van der Waals surface area contributed by atoms with Gasteiger partial charge in [-0.05, 0) is 49.1 Å². The van der Waals surface area contributed by atoms with Crippen molar-refractivity contribution in [2.75, 3.05) is 0 Å². The van der Waals surface area contributed by atoms with Gasteiger partial charge in [0.15, 0.2) is 0 Å². The number of rotatable bonds is 2. The molecule has 88 valence electrons. The van der Waals surface area contributed by atoms with Crippen molar-refractivity contribution in [2.24, 2.45) is 17.8 Å². The summed E-state index contributed by atoms with van der Waals surface area (Å²) < 4.78 is 2.36. The summed E-state index contributed by atoms with van der Waals surface area (Å²) in [5, 5.41) is 0. The number of hydrogen-bond donors (Lipinski definition) is 0. The standard InChI is InChI=1S/C15H18N2/c1-2-4-15-14(3-1)16-10-17(15)9-13-8-11-5-6-12(13)7-11/h1-4,10-13H,5-9H2. The van der Waals surface area contributed by atoms with Crippen LogP contribution in [0.1, 0.15) is 25.7 Å². The smallest absolute Gasteiger partial charge is 0.0958 e. The third-order valence-electron chi connectivity index (χ3n) is 4.84. The van der Waals surface area contributed by atoms with Crippen molar-refractivity contribution in [2.45, 2.75) is 32.2 Å². The van der Waals surface area contributed by atoms with E-state index >= 15 is 0 Å². The molecule has 0 N–H and O–H groups in total. The van der Waals surface area contributed by atoms with E-state index in [9.17, 15) is 0 Å². The van der Waals surface area contributed by atoms with Crippen LogP contribution in [0.5, 0.6) is 0 Å². The van der Waals surface area contributed by atoms with Crippen LogP contribution < -0.4 is 0 Å². The second kappa shape index (κ2) is 3.59. The zero-order valence-corrected chi connectivity index (χ0v) is 10.0. The molecule has 1 aromatic heterocycles. The molecule has 3 unspecified atom stereocenters. The monoisotopic (exact) mass is 226 g/mol. The first-order valence-corrected chi connectivity index (χ1v) is 6.80. The lowest BCUT2D eigenvalue weighted by Crippen LogP contribution is -2.16. The van der Waals surface area contributed by atoms with E-state index < -0.39 is 0 Å². The summed E-state index contributed by atoms with van der Waals surface area (Å²) in [6.07, 6.45) is 7.94. The molecule has 17 heavy (non-hydrogen) atoms. The van der Waals surface area contributed by atoms with Crippen molar-refractivity contribution in [1.82, 2.24) is 9.55 Å². The van der Waals surface area contributed by atoms with Crippen LogP contribution >= 0.6 is 0 Å². The fourth-order valence-electron chi connectivity index (χ4n) is 4.01. The summed E-state index contributed by atoms with van der Waals surface area (Å²) >= 11 is 0. The highest BCUT2D eigenvalue weighted by Crippen LogP contribution is 2.48. The Morgan fingerprint density at radius 1 is 1.18 bits per heavy atom. The lowest BCUT2D eigenvalue weighted by atomic mass is 9.89. The molecule has 2 nitrogen and oxygen atoms in total. The average molecular weight is 226 g/mol. The molecular formula is C15H18N2. The van der Waals surface area contributed by atoms with Gasteiger partial charge in [-0.2, -0.15) is 0 Å². The van der Waals surface area contributed by atoms with Gasteiger partial charge in [-0.15, -0.1) is 0 Å². The summed E-state index contributed by atoms with van der Waals surface area (Å²) in [7, 11) is 0. The maximum absolute atomic E-state index is 4.49. The summed E-state index contributed by atoms with van der Waals surface area (Å²) in [6.45, 7) is 1.18. The van der Waals surface area contributed by atoms with Gasteiger partial charge in [-0.1, -0.05) is 18.6 Å². The lowest BCUT2D eigenvalue weighted by Gasteiger charge is -2.22. The molecule has 0 saturated heterocycles. The third-order valence-corrected chi connectivity index (χ3v) is 4.84. The van der Waals surface area contributed by atoms with Crippen molar-refractivity contribution < 1.29 is 0 Å². The minimum atomic E-state index is 0.909. The van der Waals surface area contributed by atoms with Gasteiger partial charge in [0, 0.05) is 6.54 Å². The molecule has 0 aliphatic heterocycles. The van der Waals surface area contributed by atoms with E-state index in [1.165, 1.54) is 37.7 Å². The summed E-state index contributed by atoms with van der Waals surface area (Å²) in [5.41, 5.74) is 2.44. The molecule has 2 aliphatic carbocycles. The van der Waals surface area contributed by atoms with E-state index in [1.807, 2.05) is 6.33 Å². The number of para-hydroxylation sites is 2. The molecule has 1 heterocycles. The van der Waals surface area contributed by atoms with Crippen LogP contribution in [0, 0.1) is 17.8 Å². The van der Waals surface area contributed by atoms with Crippen LogP contribution in [0.2, 0.25) is 0 Å². The highest BCUT2D eigenvalue weighted by molar-refractivity contribution is 5.74. The van der Waals surface area contributed by atoms with E-state index in [4.69, 9.17) is 0 Å². The molecule has 1 aromatic carbocycles. The van der Waals surface area contributed by atoms with Crippen molar-refractivity contribution in [3.63, 3.8) is 0 Å². The molecule has 2 saturated carbocycles. The maximum atomic E-state index is 4.49. The Morgan fingerprint density at radius 3 is 2.94 bits per heavy atom. The van der Waals surface area contributed by atoms with Gasteiger partial charge in [-0.25, -0.2) is 4.98 Å². The second-order valence-electron chi connectivity index (χ2n) is 5.82. The Morgan fingerprint density at radius 2 is 2.12 bits per heavy atom. The second-order valence-corrected chi connectivity index (χ2v) is 5.82. The highest BCUT2D eigenvalue weighted by atomic mass is 15.0. The number of benzene rings is 1. The summed E-state index contributed by atoms with van der Waals surface area (Å²) in [5.74, 6) is 2.95. The van der Waals surface area contributed by atoms with Gasteiger partial charge in [0.1, 0.15) is 0 Å². The van der Waals surface area contributed by atoms with Crippen LogP contribution in [-0.4, -0.2) is 9.55 Å². The molecule has 4 rings (SSSR count). The van der Waals surface area contributed by atoms with E-state index in [-0.39, 0.29) is 0 Å². The fraction of sp³-hybridized carbons (Fsp3) is 0.533. The molecule has 0 radical (unpaired) electrons. The summed E-state index contributed by atoms with van der Waals surface area (Å²) in [6, 6.07) is 8.47. The van der Waals surface area contributed by atoms with Crippen LogP contribution in [0.3, 0.4) is 0 Å². The quantitative estimate of drug-likeness (QED) is 0.766. The van der Waals surface area contributed by atoms with Gasteiger partial charge in [0.05, 0.1) is 17.4 Å².